The molecule has 3 rings (SSSR count). The number of urea groups is 1. The minimum Gasteiger partial charge on any atom is -0.334 e. The Bertz CT molecular complexity index is 749. The minimum atomic E-state index is -0.182. The van der Waals surface area contributed by atoms with Crippen molar-refractivity contribution in [2.45, 2.75) is 19.4 Å². The molecule has 2 N–H and O–H groups in total. The molecule has 1 saturated heterocycles. The topological polar surface area (TPSA) is 44.4 Å². The first-order chi connectivity index (χ1) is 11.8. The van der Waals surface area contributed by atoms with Crippen molar-refractivity contribution in [3.05, 3.63) is 48.0 Å². The maximum Gasteiger partial charge on any atom is 0.315 e. The summed E-state index contributed by atoms with van der Waals surface area (Å²) >= 11 is 0. The van der Waals surface area contributed by atoms with Crippen LogP contribution < -0.4 is 10.6 Å². The lowest BCUT2D eigenvalue weighted by molar-refractivity contribution is 0.241. The number of carbonyl (C=O) groups is 1. The normalized spacial score (nSPS) is 14.2. The quantitative estimate of drug-likeness (QED) is 0.851. The number of fused-ring (bicyclic) bond motifs is 1. The molecule has 0 bridgehead atoms. The second kappa shape index (κ2) is 8.37. The number of amides is 2. The van der Waals surface area contributed by atoms with Crippen molar-refractivity contribution in [3.63, 3.8) is 0 Å². The molecule has 1 aliphatic rings. The maximum atomic E-state index is 11.9. The van der Waals surface area contributed by atoms with Crippen LogP contribution in [-0.2, 0) is 6.54 Å². The number of benzene rings is 2. The van der Waals surface area contributed by atoms with Gasteiger partial charge < -0.3 is 10.6 Å². The highest BCUT2D eigenvalue weighted by Gasteiger charge is 2.08. The molecule has 124 valence electrons. The van der Waals surface area contributed by atoms with E-state index in [1.165, 1.54) is 23.6 Å². The number of nitrogens with one attached hydrogen (secondary N) is 2. The minimum absolute atomic E-state index is 0.182. The molecule has 0 aliphatic carbocycles. The van der Waals surface area contributed by atoms with Crippen LogP contribution >= 0.6 is 0 Å². The first-order valence-electron chi connectivity index (χ1n) is 8.49. The lowest BCUT2D eigenvalue weighted by Crippen LogP contribution is -2.35. The van der Waals surface area contributed by atoms with Gasteiger partial charge >= 0.3 is 6.03 Å². The molecule has 4 nitrogen and oxygen atoms in total. The number of hydrogen-bond donors (Lipinski definition) is 2. The van der Waals surface area contributed by atoms with E-state index in [-0.39, 0.29) is 6.03 Å². The van der Waals surface area contributed by atoms with Gasteiger partial charge in [-0.3, -0.25) is 4.90 Å². The Morgan fingerprint density at radius 2 is 1.79 bits per heavy atom. The number of likely N-dealkylation sites (tertiary alicyclic amines) is 1. The molecule has 0 spiro atoms. The zero-order valence-electron chi connectivity index (χ0n) is 13.8. The smallest absolute Gasteiger partial charge is 0.315 e. The van der Waals surface area contributed by atoms with Crippen molar-refractivity contribution in [1.29, 1.82) is 0 Å². The molecule has 1 fully saturated rings. The van der Waals surface area contributed by atoms with E-state index in [0.717, 1.165) is 25.2 Å². The van der Waals surface area contributed by atoms with E-state index < -0.39 is 0 Å². The zero-order chi connectivity index (χ0) is 16.6. The van der Waals surface area contributed by atoms with Crippen LogP contribution in [0.25, 0.3) is 10.8 Å². The third-order valence-corrected chi connectivity index (χ3v) is 4.28. The molecular weight excluding hydrogens is 298 g/mol. The lowest BCUT2D eigenvalue weighted by Gasteiger charge is -2.09. The van der Waals surface area contributed by atoms with Gasteiger partial charge in [-0.15, -0.1) is 0 Å². The summed E-state index contributed by atoms with van der Waals surface area (Å²) in [7, 11) is 0. The maximum absolute atomic E-state index is 11.9. The van der Waals surface area contributed by atoms with E-state index >= 15 is 0 Å². The number of rotatable bonds is 4. The number of nitrogens with zero attached hydrogens (tertiary/aromatic N) is 1. The monoisotopic (exact) mass is 321 g/mol. The Hall–Kier alpha value is -2.51. The van der Waals surface area contributed by atoms with Gasteiger partial charge in [0.05, 0.1) is 13.1 Å². The van der Waals surface area contributed by atoms with E-state index in [0.29, 0.717) is 13.1 Å². The van der Waals surface area contributed by atoms with Gasteiger partial charge in [-0.05, 0) is 42.3 Å². The standard InChI is InChI=1S/C20H23N3O/c24-20(21-12-3-4-13-23-14-5-6-15-23)22-16-18-10-7-9-17-8-1-2-11-19(17)18/h1-2,7-11H,5-6,12-16H2,(H2,21,22,24). The Morgan fingerprint density at radius 1 is 1.00 bits per heavy atom. The van der Waals surface area contributed by atoms with Crippen molar-refractivity contribution in [2.75, 3.05) is 26.2 Å². The van der Waals surface area contributed by atoms with Crippen molar-refractivity contribution in [3.8, 4) is 11.8 Å². The molecule has 2 amide bonds. The highest BCUT2D eigenvalue weighted by atomic mass is 16.2. The SMILES string of the molecule is O=C(NCC#CCN1CCCC1)NCc1cccc2ccccc12. The predicted molar refractivity (Wildman–Crippen MR) is 97.6 cm³/mol. The summed E-state index contributed by atoms with van der Waals surface area (Å²) in [5.41, 5.74) is 1.11. The van der Waals surface area contributed by atoms with Gasteiger partial charge in [0.15, 0.2) is 0 Å². The molecule has 2 aromatic carbocycles. The highest BCUT2D eigenvalue weighted by molar-refractivity contribution is 5.86. The number of hydrogen-bond acceptors (Lipinski definition) is 2. The largest absolute Gasteiger partial charge is 0.334 e. The van der Waals surface area contributed by atoms with Crippen LogP contribution in [0.4, 0.5) is 4.79 Å². The molecular formula is C20H23N3O. The van der Waals surface area contributed by atoms with E-state index in [1.54, 1.807) is 0 Å². The molecule has 4 heteroatoms. The second-order valence-corrected chi connectivity index (χ2v) is 6.01. The summed E-state index contributed by atoms with van der Waals surface area (Å²) in [6.45, 7) is 3.99. The predicted octanol–water partition coefficient (Wildman–Crippen LogP) is 2.74. The highest BCUT2D eigenvalue weighted by Crippen LogP contribution is 2.18. The van der Waals surface area contributed by atoms with Gasteiger partial charge in [0.2, 0.25) is 0 Å². The Morgan fingerprint density at radius 3 is 2.67 bits per heavy atom. The van der Waals surface area contributed by atoms with E-state index in [1.807, 2.05) is 24.3 Å². The molecule has 2 aromatic rings. The third-order valence-electron chi connectivity index (χ3n) is 4.28. The summed E-state index contributed by atoms with van der Waals surface area (Å²) in [6.07, 6.45) is 2.55. The Balaban J connectivity index is 1.43. The van der Waals surface area contributed by atoms with Gasteiger partial charge in [0, 0.05) is 6.54 Å². The summed E-state index contributed by atoms with van der Waals surface area (Å²) < 4.78 is 0. The molecule has 0 unspecified atom stereocenters. The fourth-order valence-electron chi connectivity index (χ4n) is 2.98. The average Bonchev–Trinajstić information content (AvgIpc) is 3.13. The van der Waals surface area contributed by atoms with Crippen molar-refractivity contribution in [2.24, 2.45) is 0 Å². The fourth-order valence-corrected chi connectivity index (χ4v) is 2.98. The van der Waals surface area contributed by atoms with E-state index in [2.05, 4.69) is 45.6 Å². The average molecular weight is 321 g/mol. The lowest BCUT2D eigenvalue weighted by atomic mass is 10.0. The molecule has 0 atom stereocenters. The van der Waals surface area contributed by atoms with Crippen LogP contribution in [-0.4, -0.2) is 37.1 Å². The molecule has 24 heavy (non-hydrogen) atoms. The van der Waals surface area contributed by atoms with Crippen LogP contribution in [0.5, 0.6) is 0 Å². The molecule has 1 heterocycles. The zero-order valence-corrected chi connectivity index (χ0v) is 13.8. The first kappa shape index (κ1) is 16.4. The first-order valence-corrected chi connectivity index (χ1v) is 8.49. The Kier molecular flexibility index (Phi) is 5.70. The van der Waals surface area contributed by atoms with Crippen LogP contribution in [0.2, 0.25) is 0 Å². The second-order valence-electron chi connectivity index (χ2n) is 6.01. The fraction of sp³-hybridized carbons (Fsp3) is 0.350. The summed E-state index contributed by atoms with van der Waals surface area (Å²) in [6, 6.07) is 14.1. The molecule has 0 aromatic heterocycles. The van der Waals surface area contributed by atoms with Crippen LogP contribution in [0, 0.1) is 11.8 Å². The molecule has 0 saturated carbocycles. The Labute approximate surface area is 143 Å². The van der Waals surface area contributed by atoms with Gasteiger partial charge in [-0.2, -0.15) is 0 Å². The van der Waals surface area contributed by atoms with Gasteiger partial charge in [-0.25, -0.2) is 4.79 Å². The van der Waals surface area contributed by atoms with Crippen LogP contribution in [0.15, 0.2) is 42.5 Å². The van der Waals surface area contributed by atoms with Crippen molar-refractivity contribution in [1.82, 2.24) is 15.5 Å². The van der Waals surface area contributed by atoms with Crippen molar-refractivity contribution < 1.29 is 4.79 Å². The molecule has 0 radical (unpaired) electrons. The number of carbonyl (C=O) groups excluding carboxylic acids is 1. The van der Waals surface area contributed by atoms with E-state index in [9.17, 15) is 4.79 Å². The van der Waals surface area contributed by atoms with Gasteiger partial charge in [0.1, 0.15) is 0 Å². The third kappa shape index (κ3) is 4.50. The summed E-state index contributed by atoms with van der Waals surface area (Å²) in [4.78, 5) is 14.2. The van der Waals surface area contributed by atoms with E-state index in [4.69, 9.17) is 0 Å². The molecule has 1 aliphatic heterocycles. The van der Waals surface area contributed by atoms with Gasteiger partial charge in [-0.1, -0.05) is 54.3 Å². The van der Waals surface area contributed by atoms with Crippen LogP contribution in [0.3, 0.4) is 0 Å². The summed E-state index contributed by atoms with van der Waals surface area (Å²) in [5, 5.41) is 8.04. The van der Waals surface area contributed by atoms with Crippen molar-refractivity contribution >= 4 is 16.8 Å². The van der Waals surface area contributed by atoms with Gasteiger partial charge in [0.25, 0.3) is 0 Å². The summed E-state index contributed by atoms with van der Waals surface area (Å²) in [5.74, 6) is 6.12. The van der Waals surface area contributed by atoms with Crippen LogP contribution in [0.1, 0.15) is 18.4 Å².